The second kappa shape index (κ2) is 7.67. The van der Waals surface area contributed by atoms with Crippen LogP contribution >= 0.6 is 0 Å². The lowest BCUT2D eigenvalue weighted by Crippen LogP contribution is -2.33. The van der Waals surface area contributed by atoms with E-state index in [1.54, 1.807) is 18.2 Å². The van der Waals surface area contributed by atoms with Crippen LogP contribution in [0.25, 0.3) is 11.3 Å². The Labute approximate surface area is 160 Å². The summed E-state index contributed by atoms with van der Waals surface area (Å²) < 4.78 is 14.2. The molecule has 1 amide bonds. The Morgan fingerprint density at radius 1 is 1.14 bits per heavy atom. The summed E-state index contributed by atoms with van der Waals surface area (Å²) in [5, 5.41) is 6.96. The van der Waals surface area contributed by atoms with E-state index in [4.69, 9.17) is 0 Å². The van der Waals surface area contributed by atoms with Crippen LogP contribution < -0.4 is 10.9 Å². The molecule has 4 rings (SSSR count). The minimum Gasteiger partial charge on any atom is -0.349 e. The number of benzene rings is 1. The molecule has 28 heavy (non-hydrogen) atoms. The number of aromatic nitrogens is 4. The van der Waals surface area contributed by atoms with Gasteiger partial charge in [-0.15, -0.1) is 0 Å². The monoisotopic (exact) mass is 379 g/mol. The van der Waals surface area contributed by atoms with Crippen LogP contribution in [0.2, 0.25) is 0 Å². The minimum absolute atomic E-state index is 0.214. The van der Waals surface area contributed by atoms with Gasteiger partial charge in [0.1, 0.15) is 18.7 Å². The number of carbonyl (C=O) groups is 1. The van der Waals surface area contributed by atoms with E-state index in [0.29, 0.717) is 17.2 Å². The van der Waals surface area contributed by atoms with Gasteiger partial charge in [-0.05, 0) is 49.2 Å². The van der Waals surface area contributed by atoms with Crippen molar-refractivity contribution >= 4 is 5.91 Å². The molecule has 0 unspecified atom stereocenters. The van der Waals surface area contributed by atoms with Gasteiger partial charge in [-0.25, -0.2) is 19.0 Å². The van der Waals surface area contributed by atoms with Crippen LogP contribution in [0.3, 0.4) is 0 Å². The molecule has 1 aliphatic carbocycles. The van der Waals surface area contributed by atoms with Gasteiger partial charge in [-0.1, -0.05) is 0 Å². The van der Waals surface area contributed by atoms with Gasteiger partial charge in [-0.3, -0.25) is 9.59 Å². The fourth-order valence-corrected chi connectivity index (χ4v) is 2.83. The molecule has 1 saturated carbocycles. The van der Waals surface area contributed by atoms with E-state index in [1.807, 2.05) is 6.07 Å². The van der Waals surface area contributed by atoms with Crippen LogP contribution in [-0.2, 0) is 17.9 Å². The number of amides is 1. The van der Waals surface area contributed by atoms with E-state index >= 15 is 0 Å². The molecule has 0 radical (unpaired) electrons. The van der Waals surface area contributed by atoms with Gasteiger partial charge in [0.15, 0.2) is 0 Å². The number of rotatable bonds is 6. The van der Waals surface area contributed by atoms with Crippen molar-refractivity contribution in [1.29, 1.82) is 0 Å². The Bertz CT molecular complexity index is 1060. The third kappa shape index (κ3) is 4.28. The molecule has 0 spiro atoms. The van der Waals surface area contributed by atoms with Crippen molar-refractivity contribution < 1.29 is 9.18 Å². The van der Waals surface area contributed by atoms with E-state index < -0.39 is 0 Å². The van der Waals surface area contributed by atoms with Gasteiger partial charge >= 0.3 is 0 Å². The number of hydrogen-bond donors (Lipinski definition) is 1. The first-order valence-electron chi connectivity index (χ1n) is 9.00. The van der Waals surface area contributed by atoms with Crippen LogP contribution in [0.15, 0.2) is 53.6 Å². The van der Waals surface area contributed by atoms with Crippen LogP contribution in [-0.4, -0.2) is 25.7 Å². The van der Waals surface area contributed by atoms with Crippen molar-refractivity contribution in [3.05, 3.63) is 76.4 Å². The molecule has 7 nitrogen and oxygen atoms in total. The second-order valence-electron chi connectivity index (χ2n) is 6.71. The van der Waals surface area contributed by atoms with Gasteiger partial charge < -0.3 is 5.32 Å². The minimum atomic E-state index is -0.390. The Hall–Kier alpha value is -3.42. The van der Waals surface area contributed by atoms with E-state index in [2.05, 4.69) is 20.4 Å². The molecular weight excluding hydrogens is 361 g/mol. The van der Waals surface area contributed by atoms with Crippen molar-refractivity contribution in [2.45, 2.75) is 31.8 Å². The highest BCUT2D eigenvalue weighted by Crippen LogP contribution is 2.38. The van der Waals surface area contributed by atoms with Crippen LogP contribution in [0.5, 0.6) is 0 Å². The number of hydrogen-bond acceptors (Lipinski definition) is 5. The molecule has 1 N–H and O–H groups in total. The fourth-order valence-electron chi connectivity index (χ4n) is 2.83. The average Bonchev–Trinajstić information content (AvgIpc) is 3.54. The smallest absolute Gasteiger partial charge is 0.267 e. The lowest BCUT2D eigenvalue weighted by molar-refractivity contribution is -0.122. The van der Waals surface area contributed by atoms with Crippen LogP contribution in [0.4, 0.5) is 4.39 Å². The molecular formula is C20H18FN5O2. The van der Waals surface area contributed by atoms with E-state index in [9.17, 15) is 14.0 Å². The maximum absolute atomic E-state index is 13.1. The number of nitrogens with zero attached hydrogens (tertiary/aromatic N) is 4. The summed E-state index contributed by atoms with van der Waals surface area (Å²) in [6.45, 7) is 0.0436. The summed E-state index contributed by atoms with van der Waals surface area (Å²) in [5.74, 6) is -0.196. The van der Waals surface area contributed by atoms with Crippen molar-refractivity contribution in [1.82, 2.24) is 25.1 Å². The Kier molecular flexibility index (Phi) is 4.92. The molecule has 0 atom stereocenters. The zero-order valence-corrected chi connectivity index (χ0v) is 15.0. The van der Waals surface area contributed by atoms with E-state index in [1.165, 1.54) is 24.5 Å². The van der Waals surface area contributed by atoms with Gasteiger partial charge in [0.2, 0.25) is 5.91 Å². The third-order valence-electron chi connectivity index (χ3n) is 4.51. The van der Waals surface area contributed by atoms with E-state index in [-0.39, 0.29) is 30.4 Å². The number of carbonyl (C=O) groups excluding carboxylic acids is 1. The Morgan fingerprint density at radius 3 is 2.68 bits per heavy atom. The second-order valence-corrected chi connectivity index (χ2v) is 6.71. The van der Waals surface area contributed by atoms with Gasteiger partial charge in [0.25, 0.3) is 5.56 Å². The molecule has 2 aromatic heterocycles. The SMILES string of the molecule is O=C(Cn1nc(-c2ccc(F)cc2)ccc1=O)NCc1cc(C2CC2)ncn1. The molecule has 0 saturated heterocycles. The van der Waals surface area contributed by atoms with Gasteiger partial charge in [0.05, 0.1) is 17.9 Å². The first-order chi connectivity index (χ1) is 13.6. The summed E-state index contributed by atoms with van der Waals surface area (Å²) in [6.07, 6.45) is 3.79. The maximum atomic E-state index is 13.1. The largest absolute Gasteiger partial charge is 0.349 e. The predicted molar refractivity (Wildman–Crippen MR) is 99.7 cm³/mol. The van der Waals surface area contributed by atoms with Crippen molar-refractivity contribution in [3.63, 3.8) is 0 Å². The van der Waals surface area contributed by atoms with Crippen molar-refractivity contribution in [3.8, 4) is 11.3 Å². The topological polar surface area (TPSA) is 89.8 Å². The lowest BCUT2D eigenvalue weighted by Gasteiger charge is -2.08. The van der Waals surface area contributed by atoms with E-state index in [0.717, 1.165) is 28.9 Å². The molecule has 1 aliphatic rings. The molecule has 3 aromatic rings. The highest BCUT2D eigenvalue weighted by Gasteiger charge is 2.25. The first-order valence-corrected chi connectivity index (χ1v) is 9.00. The molecule has 0 bridgehead atoms. The predicted octanol–water partition coefficient (Wildman–Crippen LogP) is 2.03. The number of nitrogens with one attached hydrogen (secondary N) is 1. The zero-order valence-electron chi connectivity index (χ0n) is 15.0. The Morgan fingerprint density at radius 2 is 1.93 bits per heavy atom. The quantitative estimate of drug-likeness (QED) is 0.708. The third-order valence-corrected chi connectivity index (χ3v) is 4.51. The molecule has 1 fully saturated rings. The normalized spacial score (nSPS) is 13.3. The standard InChI is InChI=1S/C20H18FN5O2/c21-15-5-3-13(4-6-15)17-7-8-20(28)26(25-17)11-19(27)22-10-16-9-18(14-1-2-14)24-12-23-16/h3-9,12,14H,1-2,10-11H2,(H,22,27). The molecule has 8 heteroatoms. The number of halogens is 1. The van der Waals surface area contributed by atoms with Crippen LogP contribution in [0, 0.1) is 5.82 Å². The molecule has 0 aliphatic heterocycles. The lowest BCUT2D eigenvalue weighted by atomic mass is 10.1. The first kappa shape index (κ1) is 18.0. The zero-order chi connectivity index (χ0) is 19.5. The van der Waals surface area contributed by atoms with Crippen molar-refractivity contribution in [2.24, 2.45) is 0 Å². The molecule has 142 valence electrons. The van der Waals surface area contributed by atoms with Crippen LogP contribution in [0.1, 0.15) is 30.1 Å². The van der Waals surface area contributed by atoms with Crippen molar-refractivity contribution in [2.75, 3.05) is 0 Å². The Balaban J connectivity index is 1.42. The maximum Gasteiger partial charge on any atom is 0.267 e. The summed E-state index contributed by atoms with van der Waals surface area (Å²) >= 11 is 0. The summed E-state index contributed by atoms with van der Waals surface area (Å²) in [6, 6.07) is 10.6. The highest BCUT2D eigenvalue weighted by molar-refractivity contribution is 5.75. The summed E-state index contributed by atoms with van der Waals surface area (Å²) in [7, 11) is 0. The summed E-state index contributed by atoms with van der Waals surface area (Å²) in [4.78, 5) is 32.7. The molecule has 2 heterocycles. The molecule has 1 aromatic carbocycles. The highest BCUT2D eigenvalue weighted by atomic mass is 19.1. The summed E-state index contributed by atoms with van der Waals surface area (Å²) in [5.41, 5.74) is 2.48. The van der Waals surface area contributed by atoms with Gasteiger partial charge in [0, 0.05) is 23.2 Å². The van der Waals surface area contributed by atoms with Gasteiger partial charge in [-0.2, -0.15) is 5.10 Å². The average molecular weight is 379 g/mol. The fraction of sp³-hybridized carbons (Fsp3) is 0.250.